The van der Waals surface area contributed by atoms with E-state index in [-0.39, 0.29) is 5.50 Å². The van der Waals surface area contributed by atoms with E-state index in [2.05, 4.69) is 11.3 Å². The summed E-state index contributed by atoms with van der Waals surface area (Å²) in [5.41, 5.74) is 0.0679. The fraction of sp³-hybridized carbons (Fsp3) is 0.333. The first-order chi connectivity index (χ1) is 4.34. The normalized spacial score (nSPS) is 26.4. The summed E-state index contributed by atoms with van der Waals surface area (Å²) in [6, 6.07) is 0. The molecule has 0 saturated heterocycles. The number of alkyl halides is 1. The van der Waals surface area contributed by atoms with E-state index < -0.39 is 0 Å². The lowest BCUT2D eigenvalue weighted by Crippen LogP contribution is -2.16. The molecule has 0 bridgehead atoms. The summed E-state index contributed by atoms with van der Waals surface area (Å²) in [5, 5.41) is 0. The van der Waals surface area contributed by atoms with Crippen LogP contribution in [0.4, 0.5) is 0 Å². The third-order valence-corrected chi connectivity index (χ3v) is 2.61. The average molecular weight is 162 g/mol. The molecule has 0 amide bonds. The highest BCUT2D eigenvalue weighted by atomic mass is 35.5. The van der Waals surface area contributed by atoms with Gasteiger partial charge in [0.15, 0.2) is 0 Å². The van der Waals surface area contributed by atoms with Crippen molar-refractivity contribution >= 4 is 20.3 Å². The molecule has 0 aromatic rings. The van der Waals surface area contributed by atoms with Crippen molar-refractivity contribution in [2.24, 2.45) is 0 Å². The van der Waals surface area contributed by atoms with Crippen molar-refractivity contribution in [1.82, 2.24) is 4.67 Å². The quantitative estimate of drug-likeness (QED) is 0.324. The molecule has 1 aliphatic rings. The van der Waals surface area contributed by atoms with Crippen LogP contribution in [-0.4, -0.2) is 16.8 Å². The summed E-state index contributed by atoms with van der Waals surface area (Å²) in [5.74, 6) is 0. The van der Waals surface area contributed by atoms with Gasteiger partial charge in [-0.05, 0) is 27.5 Å². The van der Waals surface area contributed by atoms with Crippen molar-refractivity contribution < 1.29 is 0 Å². The minimum absolute atomic E-state index is 0.0679. The zero-order valence-electron chi connectivity index (χ0n) is 5.21. The Bertz CT molecular complexity index is 144. The Balaban J connectivity index is 2.55. The SMILES string of the molecule is CPN1C=CC=CC1Cl. The van der Waals surface area contributed by atoms with Crippen LogP contribution in [0.3, 0.4) is 0 Å². The fourth-order valence-corrected chi connectivity index (χ4v) is 1.68. The molecule has 0 aliphatic carbocycles. The largest absolute Gasteiger partial charge is 0.340 e. The second-order valence-electron chi connectivity index (χ2n) is 1.73. The van der Waals surface area contributed by atoms with Crippen LogP contribution in [0.2, 0.25) is 0 Å². The Labute approximate surface area is 62.2 Å². The molecule has 0 radical (unpaired) electrons. The average Bonchev–Trinajstić information content (AvgIpc) is 1.89. The minimum Gasteiger partial charge on any atom is -0.340 e. The van der Waals surface area contributed by atoms with E-state index in [1.807, 2.05) is 24.4 Å². The molecular weight excluding hydrogens is 152 g/mol. The van der Waals surface area contributed by atoms with Gasteiger partial charge in [-0.2, -0.15) is 0 Å². The summed E-state index contributed by atoms with van der Waals surface area (Å²) in [6.07, 6.45) is 7.94. The van der Waals surface area contributed by atoms with Crippen molar-refractivity contribution in [3.63, 3.8) is 0 Å². The van der Waals surface area contributed by atoms with Gasteiger partial charge in [0.25, 0.3) is 0 Å². The summed E-state index contributed by atoms with van der Waals surface area (Å²) in [4.78, 5) is 0. The molecule has 1 nitrogen and oxygen atoms in total. The van der Waals surface area contributed by atoms with Gasteiger partial charge >= 0.3 is 0 Å². The van der Waals surface area contributed by atoms with E-state index in [1.54, 1.807) is 0 Å². The number of hydrogen-bond donors (Lipinski definition) is 0. The van der Waals surface area contributed by atoms with E-state index in [1.165, 1.54) is 0 Å². The third-order valence-electron chi connectivity index (χ3n) is 1.15. The Morgan fingerprint density at radius 1 is 1.56 bits per heavy atom. The van der Waals surface area contributed by atoms with Gasteiger partial charge < -0.3 is 4.67 Å². The number of allylic oxidation sites excluding steroid dienone is 2. The molecule has 0 aromatic heterocycles. The van der Waals surface area contributed by atoms with E-state index in [9.17, 15) is 0 Å². The molecular formula is C6H9ClNP. The monoisotopic (exact) mass is 161 g/mol. The van der Waals surface area contributed by atoms with Crippen molar-refractivity contribution in [2.75, 3.05) is 6.66 Å². The number of nitrogens with zero attached hydrogens (tertiary/aromatic N) is 1. The van der Waals surface area contributed by atoms with Crippen molar-refractivity contribution in [1.29, 1.82) is 0 Å². The Morgan fingerprint density at radius 2 is 2.33 bits per heavy atom. The first-order valence-corrected chi connectivity index (χ1v) is 4.68. The Hall–Kier alpha value is -0.0000000000000000555. The number of halogens is 1. The highest BCUT2D eigenvalue weighted by Crippen LogP contribution is 2.23. The molecule has 2 unspecified atom stereocenters. The van der Waals surface area contributed by atoms with Gasteiger partial charge in [-0.15, -0.1) is 0 Å². The molecule has 0 aromatic carbocycles. The van der Waals surface area contributed by atoms with Gasteiger partial charge in [-0.1, -0.05) is 17.7 Å². The van der Waals surface area contributed by atoms with Gasteiger partial charge in [0.05, 0.1) is 0 Å². The Morgan fingerprint density at radius 3 is 2.78 bits per heavy atom. The van der Waals surface area contributed by atoms with Crippen LogP contribution < -0.4 is 0 Å². The molecule has 0 spiro atoms. The van der Waals surface area contributed by atoms with Crippen molar-refractivity contribution in [2.45, 2.75) is 5.50 Å². The van der Waals surface area contributed by atoms with Crippen LogP contribution in [0, 0.1) is 0 Å². The predicted octanol–water partition coefficient (Wildman–Crippen LogP) is 2.16. The molecule has 1 aliphatic heterocycles. The minimum atomic E-state index is 0.0679. The standard InChI is InChI=1S/C6H9ClNP/c1-9-8-5-3-2-4-6(8)7/h2-6,9H,1H3. The van der Waals surface area contributed by atoms with E-state index in [0.29, 0.717) is 0 Å². The van der Waals surface area contributed by atoms with Crippen LogP contribution >= 0.6 is 20.3 Å². The summed E-state index contributed by atoms with van der Waals surface area (Å²) >= 11 is 5.88. The van der Waals surface area contributed by atoms with E-state index in [0.717, 1.165) is 8.73 Å². The molecule has 2 atom stereocenters. The summed E-state index contributed by atoms with van der Waals surface area (Å²) in [7, 11) is 0.751. The zero-order chi connectivity index (χ0) is 6.69. The Kier molecular flexibility index (Phi) is 2.56. The number of hydrogen-bond acceptors (Lipinski definition) is 1. The lowest BCUT2D eigenvalue weighted by atomic mass is 10.4. The number of rotatable bonds is 1. The second-order valence-corrected chi connectivity index (χ2v) is 3.14. The highest BCUT2D eigenvalue weighted by molar-refractivity contribution is 7.34. The lowest BCUT2D eigenvalue weighted by Gasteiger charge is -2.23. The maximum Gasteiger partial charge on any atom is 0.125 e. The van der Waals surface area contributed by atoms with Crippen molar-refractivity contribution in [3.05, 3.63) is 24.4 Å². The topological polar surface area (TPSA) is 3.24 Å². The lowest BCUT2D eigenvalue weighted by molar-refractivity contribution is 0.632. The van der Waals surface area contributed by atoms with Gasteiger partial charge in [0.1, 0.15) is 5.50 Å². The maximum atomic E-state index is 5.88. The smallest absolute Gasteiger partial charge is 0.125 e. The first-order valence-electron chi connectivity index (χ1n) is 2.79. The first kappa shape index (κ1) is 7.11. The molecule has 0 N–H and O–H groups in total. The highest BCUT2D eigenvalue weighted by Gasteiger charge is 2.06. The van der Waals surface area contributed by atoms with Gasteiger partial charge in [-0.25, -0.2) is 0 Å². The van der Waals surface area contributed by atoms with Gasteiger partial charge in [0.2, 0.25) is 0 Å². The summed E-state index contributed by atoms with van der Waals surface area (Å²) < 4.78 is 2.08. The van der Waals surface area contributed by atoms with E-state index in [4.69, 9.17) is 11.6 Å². The van der Waals surface area contributed by atoms with Gasteiger partial charge in [-0.3, -0.25) is 0 Å². The molecule has 0 saturated carbocycles. The van der Waals surface area contributed by atoms with E-state index >= 15 is 0 Å². The molecule has 50 valence electrons. The maximum absolute atomic E-state index is 5.88. The molecule has 9 heavy (non-hydrogen) atoms. The fourth-order valence-electron chi connectivity index (χ4n) is 0.671. The van der Waals surface area contributed by atoms with Crippen LogP contribution in [0.25, 0.3) is 0 Å². The second kappa shape index (κ2) is 3.24. The molecule has 3 heteroatoms. The molecule has 1 rings (SSSR count). The van der Waals surface area contributed by atoms with Crippen LogP contribution in [0.5, 0.6) is 0 Å². The molecule has 0 fully saturated rings. The zero-order valence-corrected chi connectivity index (χ0v) is 6.97. The molecule has 1 heterocycles. The predicted molar refractivity (Wildman–Crippen MR) is 44.0 cm³/mol. The third kappa shape index (κ3) is 1.70. The van der Waals surface area contributed by atoms with Crippen LogP contribution in [-0.2, 0) is 0 Å². The van der Waals surface area contributed by atoms with Crippen molar-refractivity contribution in [3.8, 4) is 0 Å². The van der Waals surface area contributed by atoms with Crippen LogP contribution in [0.15, 0.2) is 24.4 Å². The summed E-state index contributed by atoms with van der Waals surface area (Å²) in [6.45, 7) is 2.11. The van der Waals surface area contributed by atoms with Crippen LogP contribution in [0.1, 0.15) is 0 Å². The van der Waals surface area contributed by atoms with Gasteiger partial charge in [0, 0.05) is 6.20 Å².